The fraction of sp³-hybridized carbons (Fsp3) is 0.375. The molecular weight excluding hydrogens is 423 g/mol. The van der Waals surface area contributed by atoms with Gasteiger partial charge in [0.15, 0.2) is 5.96 Å². The number of thiazole rings is 1. The number of hydrogen-bond acceptors (Lipinski definition) is 4. The van der Waals surface area contributed by atoms with E-state index in [9.17, 15) is 0 Å². The zero-order chi connectivity index (χ0) is 15.6. The topological polar surface area (TPSA) is 58.5 Å². The van der Waals surface area contributed by atoms with Gasteiger partial charge in [0.05, 0.1) is 18.8 Å². The molecule has 1 aromatic heterocycles. The smallest absolute Gasteiger partial charge is 0.191 e. The van der Waals surface area contributed by atoms with Gasteiger partial charge in [-0.2, -0.15) is 0 Å². The lowest BCUT2D eigenvalue weighted by Gasteiger charge is -2.10. The summed E-state index contributed by atoms with van der Waals surface area (Å²) in [5, 5.41) is 9.57. The van der Waals surface area contributed by atoms with Crippen molar-refractivity contribution in [3.8, 4) is 10.6 Å². The maximum atomic E-state index is 5.29. The summed E-state index contributed by atoms with van der Waals surface area (Å²) in [5.41, 5.74) is 2.16. The van der Waals surface area contributed by atoms with Gasteiger partial charge in [-0.3, -0.25) is 4.99 Å². The number of nitrogens with one attached hydrogen (secondary N) is 2. The third-order valence-corrected chi connectivity index (χ3v) is 3.92. The van der Waals surface area contributed by atoms with Crippen molar-refractivity contribution in [2.24, 2.45) is 4.99 Å². The molecule has 7 heteroatoms. The van der Waals surface area contributed by atoms with Gasteiger partial charge in [0, 0.05) is 31.1 Å². The minimum Gasteiger partial charge on any atom is -0.380 e. The van der Waals surface area contributed by atoms with Gasteiger partial charge in [-0.05, 0) is 6.92 Å². The molecule has 0 unspecified atom stereocenters. The summed E-state index contributed by atoms with van der Waals surface area (Å²) in [6.07, 6.45) is 0. The fourth-order valence-corrected chi connectivity index (χ4v) is 2.71. The van der Waals surface area contributed by atoms with E-state index in [0.29, 0.717) is 13.2 Å². The van der Waals surface area contributed by atoms with Crippen LogP contribution in [0.1, 0.15) is 12.6 Å². The third-order valence-electron chi connectivity index (χ3n) is 2.98. The highest BCUT2D eigenvalue weighted by Crippen LogP contribution is 2.22. The predicted octanol–water partition coefficient (Wildman–Crippen LogP) is 3.13. The van der Waals surface area contributed by atoms with Crippen LogP contribution in [0.4, 0.5) is 0 Å². The molecule has 126 valence electrons. The van der Waals surface area contributed by atoms with Crippen LogP contribution in [0, 0.1) is 0 Å². The number of hydrogen-bond donors (Lipinski definition) is 2. The molecule has 0 radical (unpaired) electrons. The van der Waals surface area contributed by atoms with Gasteiger partial charge in [0.1, 0.15) is 5.01 Å². The van der Waals surface area contributed by atoms with E-state index in [2.05, 4.69) is 38.1 Å². The molecule has 0 saturated heterocycles. The van der Waals surface area contributed by atoms with Crippen LogP contribution >= 0.6 is 35.3 Å². The minimum atomic E-state index is 0. The van der Waals surface area contributed by atoms with Crippen LogP contribution in [-0.2, 0) is 11.3 Å². The standard InChI is InChI=1S/C16H22N4OS.HI/c1-3-21-10-9-18-16(17-2)19-11-14-12-22-15(20-14)13-7-5-4-6-8-13;/h4-8,12H,3,9-11H2,1-2H3,(H2,17,18,19);1H. The Morgan fingerprint density at radius 1 is 1.26 bits per heavy atom. The number of benzene rings is 1. The van der Waals surface area contributed by atoms with E-state index < -0.39 is 0 Å². The van der Waals surface area contributed by atoms with Crippen LogP contribution < -0.4 is 10.6 Å². The van der Waals surface area contributed by atoms with Crippen LogP contribution in [0.3, 0.4) is 0 Å². The first-order valence-corrected chi connectivity index (χ1v) is 8.23. The summed E-state index contributed by atoms with van der Waals surface area (Å²) in [6.45, 7) is 4.78. The number of nitrogens with zero attached hydrogens (tertiary/aromatic N) is 2. The Morgan fingerprint density at radius 2 is 2.04 bits per heavy atom. The quantitative estimate of drug-likeness (QED) is 0.297. The second-order valence-electron chi connectivity index (χ2n) is 4.56. The van der Waals surface area contributed by atoms with E-state index in [1.807, 2.05) is 25.1 Å². The monoisotopic (exact) mass is 446 g/mol. The summed E-state index contributed by atoms with van der Waals surface area (Å²) in [5.74, 6) is 0.758. The molecule has 5 nitrogen and oxygen atoms in total. The highest BCUT2D eigenvalue weighted by molar-refractivity contribution is 14.0. The Hall–Kier alpha value is -1.19. The molecule has 0 aliphatic carbocycles. The first-order chi connectivity index (χ1) is 10.8. The van der Waals surface area contributed by atoms with Crippen molar-refractivity contribution in [1.29, 1.82) is 0 Å². The van der Waals surface area contributed by atoms with Crippen LogP contribution in [0.15, 0.2) is 40.7 Å². The van der Waals surface area contributed by atoms with Crippen molar-refractivity contribution in [2.45, 2.75) is 13.5 Å². The molecule has 0 amide bonds. The van der Waals surface area contributed by atoms with E-state index in [-0.39, 0.29) is 24.0 Å². The summed E-state index contributed by atoms with van der Waals surface area (Å²) < 4.78 is 5.29. The molecule has 0 bridgehead atoms. The first kappa shape index (κ1) is 19.9. The van der Waals surface area contributed by atoms with Crippen LogP contribution in [0.5, 0.6) is 0 Å². The Morgan fingerprint density at radius 3 is 2.74 bits per heavy atom. The van der Waals surface area contributed by atoms with Crippen LogP contribution in [-0.4, -0.2) is 37.7 Å². The van der Waals surface area contributed by atoms with E-state index in [0.717, 1.165) is 35.4 Å². The molecule has 0 atom stereocenters. The molecule has 0 aliphatic rings. The number of guanidine groups is 1. The molecule has 2 N–H and O–H groups in total. The molecule has 0 fully saturated rings. The second-order valence-corrected chi connectivity index (χ2v) is 5.42. The zero-order valence-corrected chi connectivity index (χ0v) is 16.6. The lowest BCUT2D eigenvalue weighted by molar-refractivity contribution is 0.152. The predicted molar refractivity (Wildman–Crippen MR) is 108 cm³/mol. The molecule has 0 spiro atoms. The van der Waals surface area contributed by atoms with Crippen molar-refractivity contribution in [1.82, 2.24) is 15.6 Å². The summed E-state index contributed by atoms with van der Waals surface area (Å²) in [7, 11) is 1.76. The average Bonchev–Trinajstić information content (AvgIpc) is 3.04. The van der Waals surface area contributed by atoms with Crippen LogP contribution in [0.2, 0.25) is 0 Å². The first-order valence-electron chi connectivity index (χ1n) is 7.35. The van der Waals surface area contributed by atoms with Gasteiger partial charge in [-0.15, -0.1) is 35.3 Å². The SMILES string of the molecule is CCOCCNC(=NC)NCc1csc(-c2ccccc2)n1.I. The van der Waals surface area contributed by atoms with Crippen molar-refractivity contribution < 1.29 is 4.74 Å². The second kappa shape index (κ2) is 11.4. The Kier molecular flexibility index (Phi) is 9.81. The van der Waals surface area contributed by atoms with Gasteiger partial charge in [-0.25, -0.2) is 4.98 Å². The molecular formula is C16H23IN4OS. The van der Waals surface area contributed by atoms with Crippen molar-refractivity contribution in [2.75, 3.05) is 26.8 Å². The third kappa shape index (κ3) is 6.84. The average molecular weight is 446 g/mol. The number of aromatic nitrogens is 1. The highest BCUT2D eigenvalue weighted by atomic mass is 127. The summed E-state index contributed by atoms with van der Waals surface area (Å²) in [4.78, 5) is 8.83. The Balaban J connectivity index is 0.00000264. The van der Waals surface area contributed by atoms with E-state index in [4.69, 9.17) is 4.74 Å². The maximum absolute atomic E-state index is 5.29. The molecule has 0 aliphatic heterocycles. The Bertz CT molecular complexity index is 589. The van der Waals surface area contributed by atoms with E-state index in [1.165, 1.54) is 0 Å². The van der Waals surface area contributed by atoms with Gasteiger partial charge in [0.25, 0.3) is 0 Å². The maximum Gasteiger partial charge on any atom is 0.191 e. The van der Waals surface area contributed by atoms with E-state index in [1.54, 1.807) is 18.4 Å². The van der Waals surface area contributed by atoms with Gasteiger partial charge >= 0.3 is 0 Å². The number of aliphatic imine (C=N–C) groups is 1. The Labute approximate surface area is 158 Å². The molecule has 23 heavy (non-hydrogen) atoms. The molecule has 1 aromatic carbocycles. The van der Waals surface area contributed by atoms with Gasteiger partial charge < -0.3 is 15.4 Å². The highest BCUT2D eigenvalue weighted by Gasteiger charge is 2.05. The molecule has 2 rings (SSSR count). The minimum absolute atomic E-state index is 0. The number of ether oxygens (including phenoxy) is 1. The van der Waals surface area contributed by atoms with Gasteiger partial charge in [-0.1, -0.05) is 30.3 Å². The normalized spacial score (nSPS) is 11.0. The van der Waals surface area contributed by atoms with Crippen molar-refractivity contribution in [3.63, 3.8) is 0 Å². The summed E-state index contributed by atoms with van der Waals surface area (Å²) >= 11 is 1.65. The van der Waals surface area contributed by atoms with Crippen LogP contribution in [0.25, 0.3) is 10.6 Å². The zero-order valence-electron chi connectivity index (χ0n) is 13.4. The molecule has 1 heterocycles. The molecule has 2 aromatic rings. The van der Waals surface area contributed by atoms with Crippen molar-refractivity contribution in [3.05, 3.63) is 41.4 Å². The van der Waals surface area contributed by atoms with Gasteiger partial charge in [0.2, 0.25) is 0 Å². The molecule has 0 saturated carbocycles. The lowest BCUT2D eigenvalue weighted by Crippen LogP contribution is -2.38. The largest absolute Gasteiger partial charge is 0.380 e. The van der Waals surface area contributed by atoms with E-state index >= 15 is 0 Å². The summed E-state index contributed by atoms with van der Waals surface area (Å²) in [6, 6.07) is 10.2. The number of rotatable bonds is 7. The number of halogens is 1. The van der Waals surface area contributed by atoms with Crippen molar-refractivity contribution >= 4 is 41.3 Å². The fourth-order valence-electron chi connectivity index (χ4n) is 1.88. The lowest BCUT2D eigenvalue weighted by atomic mass is 10.2.